The predicted octanol–water partition coefficient (Wildman–Crippen LogP) is 3.22. The van der Waals surface area contributed by atoms with Crippen molar-refractivity contribution in [3.05, 3.63) is 28.8 Å². The summed E-state index contributed by atoms with van der Waals surface area (Å²) in [6, 6.07) is 1.85. The van der Waals surface area contributed by atoms with Crippen LogP contribution in [0.3, 0.4) is 0 Å². The first kappa shape index (κ1) is 13.9. The molecule has 2 aromatic heterocycles. The van der Waals surface area contributed by atoms with E-state index in [1.807, 2.05) is 19.9 Å². The Morgan fingerprint density at radius 1 is 1.37 bits per heavy atom. The molecule has 0 saturated heterocycles. The fourth-order valence-corrected chi connectivity index (χ4v) is 2.31. The second-order valence-electron chi connectivity index (χ2n) is 4.68. The van der Waals surface area contributed by atoms with E-state index in [9.17, 15) is 4.79 Å². The van der Waals surface area contributed by atoms with E-state index < -0.39 is 0 Å². The van der Waals surface area contributed by atoms with Gasteiger partial charge in [0.25, 0.3) is 0 Å². The standard InChI is InChI=1S/C13H14BrN3O2/c1-7(2)11(8(3)18)13-16-12(17-19-13)9-4-10(14)6-15-5-9/h4-7,11H,1-3H3. The van der Waals surface area contributed by atoms with Crippen LogP contribution in [-0.4, -0.2) is 20.9 Å². The number of pyridine rings is 1. The van der Waals surface area contributed by atoms with Crippen molar-refractivity contribution in [3.8, 4) is 11.4 Å². The highest BCUT2D eigenvalue weighted by Crippen LogP contribution is 2.26. The molecule has 1 atom stereocenters. The van der Waals surface area contributed by atoms with E-state index in [-0.39, 0.29) is 17.6 Å². The van der Waals surface area contributed by atoms with Gasteiger partial charge in [-0.3, -0.25) is 9.78 Å². The zero-order valence-electron chi connectivity index (χ0n) is 10.9. The molecular weight excluding hydrogens is 310 g/mol. The Morgan fingerprint density at radius 2 is 2.11 bits per heavy atom. The average Bonchev–Trinajstić information content (AvgIpc) is 2.77. The molecule has 0 radical (unpaired) electrons. The number of hydrogen-bond acceptors (Lipinski definition) is 5. The SMILES string of the molecule is CC(=O)C(c1nc(-c2cncc(Br)c2)no1)C(C)C. The van der Waals surface area contributed by atoms with Gasteiger partial charge in [0.2, 0.25) is 11.7 Å². The van der Waals surface area contributed by atoms with Crippen LogP contribution in [0, 0.1) is 5.92 Å². The molecule has 100 valence electrons. The van der Waals surface area contributed by atoms with Crippen molar-refractivity contribution in [2.75, 3.05) is 0 Å². The third-order valence-corrected chi connectivity index (χ3v) is 3.21. The minimum atomic E-state index is -0.360. The Labute approximate surface area is 119 Å². The predicted molar refractivity (Wildman–Crippen MR) is 73.5 cm³/mol. The second-order valence-corrected chi connectivity index (χ2v) is 5.60. The summed E-state index contributed by atoms with van der Waals surface area (Å²) in [6.45, 7) is 5.45. The van der Waals surface area contributed by atoms with Crippen LogP contribution in [0.2, 0.25) is 0 Å². The van der Waals surface area contributed by atoms with E-state index in [2.05, 4.69) is 31.1 Å². The Hall–Kier alpha value is -1.56. The van der Waals surface area contributed by atoms with Crippen molar-refractivity contribution in [3.63, 3.8) is 0 Å². The summed E-state index contributed by atoms with van der Waals surface area (Å²) in [7, 11) is 0. The van der Waals surface area contributed by atoms with Crippen LogP contribution in [-0.2, 0) is 4.79 Å². The summed E-state index contributed by atoms with van der Waals surface area (Å²) in [5.41, 5.74) is 0.746. The number of hydrogen-bond donors (Lipinski definition) is 0. The van der Waals surface area contributed by atoms with Crippen molar-refractivity contribution in [1.82, 2.24) is 15.1 Å². The van der Waals surface area contributed by atoms with E-state index in [0.717, 1.165) is 10.0 Å². The highest BCUT2D eigenvalue weighted by atomic mass is 79.9. The van der Waals surface area contributed by atoms with Gasteiger partial charge in [-0.15, -0.1) is 0 Å². The van der Waals surface area contributed by atoms with Gasteiger partial charge in [0.15, 0.2) is 0 Å². The van der Waals surface area contributed by atoms with Crippen molar-refractivity contribution in [1.29, 1.82) is 0 Å². The van der Waals surface area contributed by atoms with Gasteiger partial charge < -0.3 is 4.52 Å². The van der Waals surface area contributed by atoms with Gasteiger partial charge in [-0.25, -0.2) is 0 Å². The van der Waals surface area contributed by atoms with Crippen LogP contribution < -0.4 is 0 Å². The van der Waals surface area contributed by atoms with Gasteiger partial charge in [-0.2, -0.15) is 4.98 Å². The highest BCUT2D eigenvalue weighted by Gasteiger charge is 2.27. The molecule has 0 fully saturated rings. The number of ketones is 1. The highest BCUT2D eigenvalue weighted by molar-refractivity contribution is 9.10. The minimum absolute atomic E-state index is 0.0255. The molecule has 2 aromatic rings. The molecule has 6 heteroatoms. The molecule has 0 aliphatic carbocycles. The molecule has 0 bridgehead atoms. The van der Waals surface area contributed by atoms with Crippen molar-refractivity contribution in [2.24, 2.45) is 5.92 Å². The molecule has 0 N–H and O–H groups in total. The summed E-state index contributed by atoms with van der Waals surface area (Å²) in [5, 5.41) is 3.91. The van der Waals surface area contributed by atoms with Crippen LogP contribution in [0.15, 0.2) is 27.5 Å². The number of aromatic nitrogens is 3. The Bertz CT molecular complexity index is 595. The second kappa shape index (κ2) is 5.61. The monoisotopic (exact) mass is 323 g/mol. The van der Waals surface area contributed by atoms with Gasteiger partial charge in [0.05, 0.1) is 5.92 Å². The quantitative estimate of drug-likeness (QED) is 0.864. The minimum Gasteiger partial charge on any atom is -0.338 e. The molecule has 5 nitrogen and oxygen atoms in total. The molecule has 0 aliphatic heterocycles. The normalized spacial score (nSPS) is 12.7. The van der Waals surface area contributed by atoms with E-state index in [1.165, 1.54) is 6.92 Å². The largest absolute Gasteiger partial charge is 0.338 e. The summed E-state index contributed by atoms with van der Waals surface area (Å²) in [6.07, 6.45) is 3.33. The van der Waals surface area contributed by atoms with Crippen LogP contribution in [0.5, 0.6) is 0 Å². The first-order valence-corrected chi connectivity index (χ1v) is 6.73. The fourth-order valence-electron chi connectivity index (χ4n) is 1.94. The maximum absolute atomic E-state index is 11.6. The lowest BCUT2D eigenvalue weighted by molar-refractivity contribution is -0.119. The van der Waals surface area contributed by atoms with Crippen molar-refractivity contribution in [2.45, 2.75) is 26.7 Å². The molecule has 2 heterocycles. The van der Waals surface area contributed by atoms with Crippen LogP contribution >= 0.6 is 15.9 Å². The maximum atomic E-state index is 11.6. The van der Waals surface area contributed by atoms with Gasteiger partial charge in [-0.05, 0) is 34.8 Å². The van der Waals surface area contributed by atoms with Gasteiger partial charge in [0.1, 0.15) is 5.78 Å². The molecular formula is C13H14BrN3O2. The summed E-state index contributed by atoms with van der Waals surface area (Å²) < 4.78 is 6.06. The first-order valence-electron chi connectivity index (χ1n) is 5.94. The average molecular weight is 324 g/mol. The van der Waals surface area contributed by atoms with Crippen molar-refractivity contribution < 1.29 is 9.32 Å². The lowest BCUT2D eigenvalue weighted by atomic mass is 9.92. The third kappa shape index (κ3) is 3.07. The topological polar surface area (TPSA) is 68.9 Å². The lowest BCUT2D eigenvalue weighted by Crippen LogP contribution is -2.15. The number of rotatable bonds is 4. The van der Waals surface area contributed by atoms with E-state index in [4.69, 9.17) is 4.52 Å². The maximum Gasteiger partial charge on any atom is 0.237 e. The molecule has 2 rings (SSSR count). The number of nitrogens with zero attached hydrogens (tertiary/aromatic N) is 3. The molecule has 0 saturated carbocycles. The lowest BCUT2D eigenvalue weighted by Gasteiger charge is -2.12. The summed E-state index contributed by atoms with van der Waals surface area (Å²) in [5.74, 6) is 0.582. The summed E-state index contributed by atoms with van der Waals surface area (Å²) >= 11 is 3.34. The van der Waals surface area contributed by atoms with Crippen molar-refractivity contribution >= 4 is 21.7 Å². The Kier molecular flexibility index (Phi) is 4.09. The van der Waals surface area contributed by atoms with Gasteiger partial charge in [0, 0.05) is 22.4 Å². The molecule has 0 amide bonds. The van der Waals surface area contributed by atoms with Gasteiger partial charge in [-0.1, -0.05) is 19.0 Å². The first-order chi connectivity index (χ1) is 8.99. The van der Waals surface area contributed by atoms with Crippen LogP contribution in [0.1, 0.15) is 32.6 Å². The van der Waals surface area contributed by atoms with Crippen LogP contribution in [0.25, 0.3) is 11.4 Å². The molecule has 0 aromatic carbocycles. The molecule has 0 spiro atoms. The zero-order valence-corrected chi connectivity index (χ0v) is 12.5. The number of Topliss-reactive ketones (excluding diaryl/α,β-unsaturated/α-hetero) is 1. The molecule has 19 heavy (non-hydrogen) atoms. The summed E-state index contributed by atoms with van der Waals surface area (Å²) in [4.78, 5) is 20.0. The number of carbonyl (C=O) groups is 1. The molecule has 1 unspecified atom stereocenters. The zero-order chi connectivity index (χ0) is 14.0. The smallest absolute Gasteiger partial charge is 0.237 e. The van der Waals surface area contributed by atoms with E-state index >= 15 is 0 Å². The van der Waals surface area contributed by atoms with E-state index in [1.54, 1.807) is 12.4 Å². The Morgan fingerprint density at radius 3 is 2.68 bits per heavy atom. The van der Waals surface area contributed by atoms with E-state index in [0.29, 0.717) is 11.7 Å². The number of carbonyl (C=O) groups excluding carboxylic acids is 1. The molecule has 0 aliphatic rings. The Balaban J connectivity index is 2.35. The fraction of sp³-hybridized carbons (Fsp3) is 0.385. The van der Waals surface area contributed by atoms with Crippen LogP contribution in [0.4, 0.5) is 0 Å². The number of halogens is 1. The van der Waals surface area contributed by atoms with Gasteiger partial charge >= 0.3 is 0 Å². The third-order valence-electron chi connectivity index (χ3n) is 2.78.